The van der Waals surface area contributed by atoms with Crippen molar-refractivity contribution in [3.05, 3.63) is 28.3 Å². The molecule has 0 bridgehead atoms. The number of benzene rings is 1. The van der Waals surface area contributed by atoms with E-state index in [4.69, 9.17) is 22.1 Å². The zero-order valence-corrected chi connectivity index (χ0v) is 14.6. The summed E-state index contributed by atoms with van der Waals surface area (Å²) in [6.45, 7) is 5.11. The molecule has 1 aliphatic rings. The van der Waals surface area contributed by atoms with E-state index in [1.54, 1.807) is 0 Å². The fraction of sp³-hybridized carbons (Fsp3) is 0.647. The van der Waals surface area contributed by atoms with E-state index >= 15 is 0 Å². The van der Waals surface area contributed by atoms with Crippen molar-refractivity contribution in [1.29, 1.82) is 0 Å². The highest BCUT2D eigenvalue weighted by atomic mass is 35.5. The van der Waals surface area contributed by atoms with E-state index in [-0.39, 0.29) is 18.4 Å². The van der Waals surface area contributed by atoms with Crippen LogP contribution in [0.3, 0.4) is 0 Å². The quantitative estimate of drug-likeness (QED) is 0.743. The SMILES string of the molecule is CCCc1cc(CC(N)CC)cc(Cl)c1OCC1CC1.Cl. The minimum absolute atomic E-state index is 0. The highest BCUT2D eigenvalue weighted by Gasteiger charge is 2.23. The van der Waals surface area contributed by atoms with E-state index in [2.05, 4.69) is 19.9 Å². The van der Waals surface area contributed by atoms with Gasteiger partial charge in [-0.1, -0.05) is 37.9 Å². The summed E-state index contributed by atoms with van der Waals surface area (Å²) in [5.74, 6) is 1.64. The van der Waals surface area contributed by atoms with E-state index in [0.717, 1.165) is 49.0 Å². The first-order valence-corrected chi connectivity index (χ1v) is 8.21. The Bertz CT molecular complexity index is 447. The number of hydrogen-bond acceptors (Lipinski definition) is 2. The summed E-state index contributed by atoms with van der Waals surface area (Å²) < 4.78 is 5.97. The van der Waals surface area contributed by atoms with Crippen molar-refractivity contribution < 1.29 is 4.74 Å². The standard InChI is InChI=1S/C17H26ClNO.ClH/c1-3-5-14-8-13(9-15(19)4-2)10-16(18)17(14)20-11-12-6-7-12;/h8,10,12,15H,3-7,9,11,19H2,1-2H3;1H. The Kier molecular flexibility index (Phi) is 7.86. The molecule has 0 saturated heterocycles. The van der Waals surface area contributed by atoms with Crippen LogP contribution in [0.25, 0.3) is 0 Å². The van der Waals surface area contributed by atoms with Crippen molar-refractivity contribution >= 4 is 24.0 Å². The maximum Gasteiger partial charge on any atom is 0.141 e. The maximum absolute atomic E-state index is 6.43. The van der Waals surface area contributed by atoms with E-state index in [9.17, 15) is 0 Å². The molecule has 0 spiro atoms. The largest absolute Gasteiger partial charge is 0.491 e. The fourth-order valence-electron chi connectivity index (χ4n) is 2.38. The minimum atomic E-state index is 0. The monoisotopic (exact) mass is 331 g/mol. The minimum Gasteiger partial charge on any atom is -0.491 e. The second kappa shape index (κ2) is 8.87. The molecule has 4 heteroatoms. The van der Waals surface area contributed by atoms with E-state index in [1.807, 2.05) is 6.07 Å². The molecule has 120 valence electrons. The van der Waals surface area contributed by atoms with Crippen LogP contribution in [0.2, 0.25) is 5.02 Å². The van der Waals surface area contributed by atoms with Gasteiger partial charge in [0.05, 0.1) is 11.6 Å². The number of ether oxygens (including phenoxy) is 1. The molecule has 1 aliphatic carbocycles. The van der Waals surface area contributed by atoms with Gasteiger partial charge < -0.3 is 10.5 Å². The van der Waals surface area contributed by atoms with Crippen LogP contribution < -0.4 is 10.5 Å². The van der Waals surface area contributed by atoms with Gasteiger partial charge in [0.1, 0.15) is 5.75 Å². The van der Waals surface area contributed by atoms with Gasteiger partial charge in [-0.3, -0.25) is 0 Å². The molecule has 1 unspecified atom stereocenters. The number of nitrogens with two attached hydrogens (primary N) is 1. The molecule has 0 aromatic heterocycles. The summed E-state index contributed by atoms with van der Waals surface area (Å²) in [6.07, 6.45) is 6.57. The van der Waals surface area contributed by atoms with E-state index in [0.29, 0.717) is 0 Å². The van der Waals surface area contributed by atoms with Crippen molar-refractivity contribution in [3.63, 3.8) is 0 Å². The molecule has 0 aliphatic heterocycles. The topological polar surface area (TPSA) is 35.2 Å². The Labute approximate surface area is 139 Å². The summed E-state index contributed by atoms with van der Waals surface area (Å²) >= 11 is 6.43. The molecule has 2 nitrogen and oxygen atoms in total. The van der Waals surface area contributed by atoms with Gasteiger partial charge in [-0.15, -0.1) is 12.4 Å². The van der Waals surface area contributed by atoms with Crippen LogP contribution in [0.5, 0.6) is 5.75 Å². The molecule has 2 rings (SSSR count). The third kappa shape index (κ3) is 5.69. The third-order valence-electron chi connectivity index (χ3n) is 3.88. The van der Waals surface area contributed by atoms with E-state index < -0.39 is 0 Å². The predicted molar refractivity (Wildman–Crippen MR) is 92.9 cm³/mol. The molecule has 0 radical (unpaired) electrons. The van der Waals surface area contributed by atoms with Crippen molar-refractivity contribution in [1.82, 2.24) is 0 Å². The molecule has 0 amide bonds. The smallest absolute Gasteiger partial charge is 0.141 e. The summed E-state index contributed by atoms with van der Waals surface area (Å²) in [5, 5.41) is 0.745. The molecule has 21 heavy (non-hydrogen) atoms. The van der Waals surface area contributed by atoms with Crippen molar-refractivity contribution in [2.24, 2.45) is 11.7 Å². The molecule has 1 fully saturated rings. The van der Waals surface area contributed by atoms with Gasteiger partial charge in [0.15, 0.2) is 0 Å². The van der Waals surface area contributed by atoms with Gasteiger partial charge in [0, 0.05) is 6.04 Å². The molecular formula is C17H27Cl2NO. The van der Waals surface area contributed by atoms with Gasteiger partial charge >= 0.3 is 0 Å². The summed E-state index contributed by atoms with van der Waals surface area (Å²) in [5.41, 5.74) is 8.51. The summed E-state index contributed by atoms with van der Waals surface area (Å²) in [4.78, 5) is 0. The zero-order valence-electron chi connectivity index (χ0n) is 13.0. The molecule has 1 saturated carbocycles. The van der Waals surface area contributed by atoms with Crippen molar-refractivity contribution in [3.8, 4) is 5.75 Å². The van der Waals surface area contributed by atoms with Gasteiger partial charge in [0.2, 0.25) is 0 Å². The zero-order chi connectivity index (χ0) is 14.5. The van der Waals surface area contributed by atoms with Gasteiger partial charge in [-0.25, -0.2) is 0 Å². The normalized spacial score (nSPS) is 15.4. The van der Waals surface area contributed by atoms with Crippen LogP contribution in [-0.4, -0.2) is 12.6 Å². The Balaban J connectivity index is 0.00000220. The Morgan fingerprint density at radius 3 is 2.62 bits per heavy atom. The number of aryl methyl sites for hydroxylation is 1. The molecule has 0 heterocycles. The maximum atomic E-state index is 6.43. The van der Waals surface area contributed by atoms with Gasteiger partial charge in [0.25, 0.3) is 0 Å². The van der Waals surface area contributed by atoms with Crippen molar-refractivity contribution in [2.75, 3.05) is 6.61 Å². The average molecular weight is 332 g/mol. The molecule has 1 atom stereocenters. The van der Waals surface area contributed by atoms with Crippen LogP contribution in [0, 0.1) is 5.92 Å². The highest BCUT2D eigenvalue weighted by Crippen LogP contribution is 2.35. The van der Waals surface area contributed by atoms with Crippen LogP contribution in [0.4, 0.5) is 0 Å². The lowest BCUT2D eigenvalue weighted by atomic mass is 10.00. The lowest BCUT2D eigenvalue weighted by Gasteiger charge is -2.16. The van der Waals surface area contributed by atoms with Crippen LogP contribution in [-0.2, 0) is 12.8 Å². The first-order chi connectivity index (χ1) is 9.63. The lowest BCUT2D eigenvalue weighted by Crippen LogP contribution is -2.21. The molecule has 1 aromatic rings. The Hall–Kier alpha value is -0.440. The number of halogens is 2. The van der Waals surface area contributed by atoms with Crippen LogP contribution in [0.1, 0.15) is 50.7 Å². The lowest BCUT2D eigenvalue weighted by molar-refractivity contribution is 0.297. The summed E-state index contributed by atoms with van der Waals surface area (Å²) in [7, 11) is 0. The Morgan fingerprint density at radius 2 is 2.05 bits per heavy atom. The van der Waals surface area contributed by atoms with Gasteiger partial charge in [-0.05, 0) is 55.2 Å². The van der Waals surface area contributed by atoms with E-state index in [1.165, 1.54) is 24.0 Å². The molecule has 1 aromatic carbocycles. The van der Waals surface area contributed by atoms with Crippen LogP contribution >= 0.6 is 24.0 Å². The first-order valence-electron chi connectivity index (χ1n) is 7.83. The fourth-order valence-corrected chi connectivity index (χ4v) is 2.70. The molecule has 2 N–H and O–H groups in total. The second-order valence-electron chi connectivity index (χ2n) is 5.94. The predicted octanol–water partition coefficient (Wildman–Crippen LogP) is 4.78. The van der Waals surface area contributed by atoms with Crippen molar-refractivity contribution in [2.45, 2.75) is 58.4 Å². The van der Waals surface area contributed by atoms with Crippen LogP contribution in [0.15, 0.2) is 12.1 Å². The first kappa shape index (κ1) is 18.6. The number of rotatable bonds is 8. The number of hydrogen-bond donors (Lipinski definition) is 1. The second-order valence-corrected chi connectivity index (χ2v) is 6.35. The third-order valence-corrected chi connectivity index (χ3v) is 4.16. The highest BCUT2D eigenvalue weighted by molar-refractivity contribution is 6.32. The Morgan fingerprint density at radius 1 is 1.33 bits per heavy atom. The average Bonchev–Trinajstić information content (AvgIpc) is 3.22. The summed E-state index contributed by atoms with van der Waals surface area (Å²) in [6, 6.07) is 4.46. The molecular weight excluding hydrogens is 305 g/mol. The van der Waals surface area contributed by atoms with Gasteiger partial charge in [-0.2, -0.15) is 0 Å².